The maximum Gasteiger partial charge on any atom is 0.332 e. The molecule has 0 spiro atoms. The van der Waals surface area contributed by atoms with Gasteiger partial charge in [0, 0.05) is 13.1 Å². The van der Waals surface area contributed by atoms with Crippen molar-refractivity contribution >= 4 is 27.5 Å². The van der Waals surface area contributed by atoms with E-state index in [9.17, 15) is 14.4 Å². The summed E-state index contributed by atoms with van der Waals surface area (Å²) in [6.07, 6.45) is 4.81. The Morgan fingerprint density at radius 3 is 2.52 bits per heavy atom. The molecule has 0 fully saturated rings. The van der Waals surface area contributed by atoms with Crippen molar-refractivity contribution in [2.45, 2.75) is 66.0 Å². The van der Waals surface area contributed by atoms with Gasteiger partial charge in [-0.05, 0) is 30.7 Å². The second kappa shape index (κ2) is 8.99. The molecule has 0 atom stereocenters. The van der Waals surface area contributed by atoms with Crippen LogP contribution in [0, 0.1) is 6.92 Å². The van der Waals surface area contributed by atoms with Crippen LogP contribution in [0.3, 0.4) is 0 Å². The third-order valence-corrected chi connectivity index (χ3v) is 5.33. The Morgan fingerprint density at radius 1 is 1.12 bits per heavy atom. The molecule has 1 N–H and O–H groups in total. The summed E-state index contributed by atoms with van der Waals surface area (Å²) < 4.78 is 3.29. The first-order valence-electron chi connectivity index (χ1n) is 8.99. The molecule has 2 heterocycles. The van der Waals surface area contributed by atoms with Gasteiger partial charge in [0.15, 0.2) is 0 Å². The Kier molecular flexibility index (Phi) is 6.99. The van der Waals surface area contributed by atoms with E-state index in [1.54, 1.807) is 4.57 Å². The van der Waals surface area contributed by atoms with Crippen molar-refractivity contribution in [2.24, 2.45) is 0 Å². The monoisotopic (exact) mass is 365 g/mol. The number of thiophene rings is 1. The molecule has 25 heavy (non-hydrogen) atoms. The Hall–Kier alpha value is -1.89. The number of hydrogen-bond acceptors (Lipinski definition) is 4. The van der Waals surface area contributed by atoms with E-state index in [1.807, 2.05) is 19.2 Å². The van der Waals surface area contributed by atoms with Crippen LogP contribution in [-0.4, -0.2) is 21.6 Å². The molecule has 0 aliphatic heterocycles. The highest BCUT2D eigenvalue weighted by molar-refractivity contribution is 7.17. The molecule has 0 aliphatic rings. The number of fused-ring (bicyclic) bond motifs is 1. The van der Waals surface area contributed by atoms with Crippen molar-refractivity contribution < 1.29 is 4.79 Å². The molecule has 0 saturated heterocycles. The molecule has 2 aromatic heterocycles. The number of hydrogen-bond donors (Lipinski definition) is 1. The van der Waals surface area contributed by atoms with Gasteiger partial charge in [0.05, 0.1) is 5.52 Å². The van der Waals surface area contributed by atoms with Gasteiger partial charge in [0.2, 0.25) is 5.91 Å². The molecule has 138 valence electrons. The first kappa shape index (κ1) is 19.4. The molecule has 0 saturated carbocycles. The average Bonchev–Trinajstić information content (AvgIpc) is 2.97. The molecule has 2 aromatic rings. The Balaban J connectivity index is 2.41. The summed E-state index contributed by atoms with van der Waals surface area (Å²) in [5, 5.41) is 4.66. The summed E-state index contributed by atoms with van der Waals surface area (Å²) in [5.41, 5.74) is 0.903. The normalized spacial score (nSPS) is 11.2. The third-order valence-electron chi connectivity index (χ3n) is 4.25. The van der Waals surface area contributed by atoms with Gasteiger partial charge in [-0.15, -0.1) is 11.3 Å². The number of aromatic nitrogens is 2. The number of nitrogens with one attached hydrogen (secondary N) is 1. The standard InChI is InChI=1S/C18H27N3O3S/c1-4-6-8-10-20-15-13(3)12-25-16(15)17(23)21(18(20)24)11-14(22)19-9-7-5-2/h12H,4-11H2,1-3H3,(H,19,22). The molecule has 0 aliphatic carbocycles. The fourth-order valence-electron chi connectivity index (χ4n) is 2.85. The van der Waals surface area contributed by atoms with Gasteiger partial charge in [-0.2, -0.15) is 0 Å². The number of carbonyl (C=O) groups excluding carboxylic acids is 1. The summed E-state index contributed by atoms with van der Waals surface area (Å²) in [6, 6.07) is 0. The van der Waals surface area contributed by atoms with Crippen molar-refractivity contribution in [1.82, 2.24) is 14.5 Å². The lowest BCUT2D eigenvalue weighted by Gasteiger charge is -2.13. The highest BCUT2D eigenvalue weighted by Crippen LogP contribution is 2.21. The lowest BCUT2D eigenvalue weighted by atomic mass is 10.2. The quantitative estimate of drug-likeness (QED) is 0.694. The molecule has 0 bridgehead atoms. The van der Waals surface area contributed by atoms with Gasteiger partial charge in [-0.1, -0.05) is 33.1 Å². The van der Waals surface area contributed by atoms with E-state index in [1.165, 1.54) is 11.3 Å². The van der Waals surface area contributed by atoms with Crippen LogP contribution in [0.15, 0.2) is 15.0 Å². The van der Waals surface area contributed by atoms with Crippen molar-refractivity contribution in [1.29, 1.82) is 0 Å². The zero-order valence-electron chi connectivity index (χ0n) is 15.3. The van der Waals surface area contributed by atoms with Gasteiger partial charge in [-0.3, -0.25) is 14.2 Å². The van der Waals surface area contributed by atoms with Crippen molar-refractivity contribution in [3.8, 4) is 0 Å². The summed E-state index contributed by atoms with van der Waals surface area (Å²) >= 11 is 1.34. The number of nitrogens with zero attached hydrogens (tertiary/aromatic N) is 2. The number of unbranched alkanes of at least 4 members (excludes halogenated alkanes) is 3. The zero-order valence-corrected chi connectivity index (χ0v) is 16.1. The Labute approximate surface area is 151 Å². The average molecular weight is 365 g/mol. The van der Waals surface area contributed by atoms with E-state index < -0.39 is 0 Å². The second-order valence-electron chi connectivity index (χ2n) is 6.33. The molecule has 2 rings (SSSR count). The molecule has 1 amide bonds. The number of amides is 1. The maximum absolute atomic E-state index is 12.9. The molecule has 6 nitrogen and oxygen atoms in total. The maximum atomic E-state index is 12.9. The molecular formula is C18H27N3O3S. The highest BCUT2D eigenvalue weighted by Gasteiger charge is 2.17. The third kappa shape index (κ3) is 4.39. The van der Waals surface area contributed by atoms with E-state index in [4.69, 9.17) is 0 Å². The minimum absolute atomic E-state index is 0.220. The molecule has 7 heteroatoms. The van der Waals surface area contributed by atoms with Gasteiger partial charge in [-0.25, -0.2) is 9.36 Å². The van der Waals surface area contributed by atoms with E-state index in [-0.39, 0.29) is 23.7 Å². The Morgan fingerprint density at radius 2 is 1.84 bits per heavy atom. The number of carbonyl (C=O) groups is 1. The van der Waals surface area contributed by atoms with E-state index >= 15 is 0 Å². The van der Waals surface area contributed by atoms with Gasteiger partial charge >= 0.3 is 5.69 Å². The fraction of sp³-hybridized carbons (Fsp3) is 0.611. The van der Waals surface area contributed by atoms with Crippen LogP contribution in [0.2, 0.25) is 0 Å². The smallest absolute Gasteiger partial charge is 0.332 e. The largest absolute Gasteiger partial charge is 0.355 e. The minimum Gasteiger partial charge on any atom is -0.355 e. The molecule has 0 radical (unpaired) electrons. The zero-order chi connectivity index (χ0) is 18.4. The number of aryl methyl sites for hydroxylation is 2. The lowest BCUT2D eigenvalue weighted by Crippen LogP contribution is -2.43. The molecule has 0 aromatic carbocycles. The minimum atomic E-state index is -0.388. The van der Waals surface area contributed by atoms with Crippen molar-refractivity contribution in [2.75, 3.05) is 6.54 Å². The van der Waals surface area contributed by atoms with E-state index in [0.29, 0.717) is 17.8 Å². The molecule has 0 unspecified atom stereocenters. The van der Waals surface area contributed by atoms with Crippen LogP contribution in [0.25, 0.3) is 10.2 Å². The van der Waals surface area contributed by atoms with Crippen molar-refractivity contribution in [3.63, 3.8) is 0 Å². The summed E-state index contributed by atoms with van der Waals surface area (Å²) in [5.74, 6) is -0.291. The van der Waals surface area contributed by atoms with Crippen LogP contribution in [0.1, 0.15) is 51.5 Å². The summed E-state index contributed by atoms with van der Waals surface area (Å²) in [6.45, 7) is 6.97. The van der Waals surface area contributed by atoms with Crippen LogP contribution in [-0.2, 0) is 17.9 Å². The SMILES string of the molecule is CCCCCn1c(=O)n(CC(=O)NCCCC)c(=O)c2scc(C)c21. The first-order chi connectivity index (χ1) is 12.0. The lowest BCUT2D eigenvalue weighted by molar-refractivity contribution is -0.121. The van der Waals surface area contributed by atoms with Gasteiger partial charge < -0.3 is 5.32 Å². The van der Waals surface area contributed by atoms with Gasteiger partial charge in [0.25, 0.3) is 5.56 Å². The first-order valence-corrected chi connectivity index (χ1v) is 9.87. The highest BCUT2D eigenvalue weighted by atomic mass is 32.1. The van der Waals surface area contributed by atoms with Crippen LogP contribution in [0.4, 0.5) is 0 Å². The van der Waals surface area contributed by atoms with Crippen molar-refractivity contribution in [3.05, 3.63) is 31.8 Å². The summed E-state index contributed by atoms with van der Waals surface area (Å²) in [4.78, 5) is 37.6. The van der Waals surface area contributed by atoms with Crippen LogP contribution in [0.5, 0.6) is 0 Å². The van der Waals surface area contributed by atoms with E-state index in [2.05, 4.69) is 12.2 Å². The predicted octanol–water partition coefficient (Wildman–Crippen LogP) is 2.64. The topological polar surface area (TPSA) is 73.1 Å². The number of rotatable bonds is 9. The van der Waals surface area contributed by atoms with Gasteiger partial charge in [0.1, 0.15) is 11.2 Å². The molecular weight excluding hydrogens is 338 g/mol. The Bertz CT molecular complexity index is 848. The van der Waals surface area contributed by atoms with Crippen LogP contribution < -0.4 is 16.6 Å². The fourth-order valence-corrected chi connectivity index (χ4v) is 3.85. The van der Waals surface area contributed by atoms with E-state index in [0.717, 1.165) is 47.8 Å². The second-order valence-corrected chi connectivity index (χ2v) is 7.21. The summed E-state index contributed by atoms with van der Waals surface area (Å²) in [7, 11) is 0. The van der Waals surface area contributed by atoms with Crippen LogP contribution >= 0.6 is 11.3 Å². The predicted molar refractivity (Wildman–Crippen MR) is 103 cm³/mol.